The first-order valence-electron chi connectivity index (χ1n) is 9.88. The summed E-state index contributed by atoms with van der Waals surface area (Å²) in [6.45, 7) is 5.39. The molecule has 0 atom stereocenters. The highest BCUT2D eigenvalue weighted by Crippen LogP contribution is 2.39. The predicted molar refractivity (Wildman–Crippen MR) is 118 cm³/mol. The number of hydrogen-bond acceptors (Lipinski definition) is 3. The molecule has 30 heavy (non-hydrogen) atoms. The van der Waals surface area contributed by atoms with E-state index in [0.717, 1.165) is 5.56 Å². The molecule has 0 saturated carbocycles. The van der Waals surface area contributed by atoms with Gasteiger partial charge in [-0.1, -0.05) is 66.7 Å². The Bertz CT molecular complexity index is 1220. The fourth-order valence-electron chi connectivity index (χ4n) is 3.35. The van der Waals surface area contributed by atoms with Crippen LogP contribution in [0.3, 0.4) is 0 Å². The molecular formula is C26H23NO3. The quantitative estimate of drug-likeness (QED) is 0.323. The lowest BCUT2D eigenvalue weighted by atomic mass is 9.97. The number of fused-ring (bicyclic) bond motifs is 1. The van der Waals surface area contributed by atoms with Crippen LogP contribution in [0.15, 0.2) is 85.1 Å². The Balaban J connectivity index is 2.04. The van der Waals surface area contributed by atoms with Gasteiger partial charge in [0.1, 0.15) is 0 Å². The van der Waals surface area contributed by atoms with Gasteiger partial charge in [0.2, 0.25) is 0 Å². The van der Waals surface area contributed by atoms with Crippen LogP contribution < -0.4 is 4.74 Å². The molecular weight excluding hydrogens is 374 g/mol. The van der Waals surface area contributed by atoms with Crippen LogP contribution in [0.25, 0.3) is 16.8 Å². The van der Waals surface area contributed by atoms with E-state index in [1.807, 2.05) is 77.3 Å². The van der Waals surface area contributed by atoms with Crippen molar-refractivity contribution in [2.75, 3.05) is 0 Å². The molecule has 4 rings (SSSR count). The minimum Gasteiger partial charge on any atom is -0.423 e. The topological polar surface area (TPSA) is 47.8 Å². The fourth-order valence-corrected chi connectivity index (χ4v) is 3.35. The molecule has 0 aliphatic heterocycles. The van der Waals surface area contributed by atoms with Crippen molar-refractivity contribution in [3.05, 3.63) is 96.2 Å². The van der Waals surface area contributed by atoms with Crippen molar-refractivity contribution < 1.29 is 14.3 Å². The number of ether oxygens (including phenoxy) is 1. The van der Waals surface area contributed by atoms with E-state index < -0.39 is 5.41 Å². The third-order valence-electron chi connectivity index (χ3n) is 4.91. The van der Waals surface area contributed by atoms with Crippen LogP contribution in [0, 0.1) is 5.41 Å². The van der Waals surface area contributed by atoms with Crippen molar-refractivity contribution in [1.82, 2.24) is 4.40 Å². The van der Waals surface area contributed by atoms with E-state index in [1.165, 1.54) is 0 Å². The van der Waals surface area contributed by atoms with Gasteiger partial charge >= 0.3 is 5.97 Å². The lowest BCUT2D eigenvalue weighted by molar-refractivity contribution is -0.142. The number of ketones is 1. The van der Waals surface area contributed by atoms with E-state index in [-0.39, 0.29) is 11.8 Å². The second kappa shape index (κ2) is 7.64. The number of pyridine rings is 1. The van der Waals surface area contributed by atoms with Crippen LogP contribution in [0.1, 0.15) is 36.7 Å². The van der Waals surface area contributed by atoms with Gasteiger partial charge in [-0.15, -0.1) is 0 Å². The number of rotatable bonds is 4. The average Bonchev–Trinajstić information content (AvgIpc) is 3.08. The summed E-state index contributed by atoms with van der Waals surface area (Å²) in [7, 11) is 0. The summed E-state index contributed by atoms with van der Waals surface area (Å²) >= 11 is 0. The third kappa shape index (κ3) is 3.52. The zero-order chi connectivity index (χ0) is 21.3. The number of hydrogen-bond donors (Lipinski definition) is 0. The Morgan fingerprint density at radius 3 is 2.03 bits per heavy atom. The highest BCUT2D eigenvalue weighted by molar-refractivity contribution is 6.16. The largest absolute Gasteiger partial charge is 0.423 e. The van der Waals surface area contributed by atoms with Gasteiger partial charge in [0.15, 0.2) is 11.5 Å². The van der Waals surface area contributed by atoms with Gasteiger partial charge in [0, 0.05) is 11.8 Å². The number of nitrogens with zero attached hydrogens (tertiary/aromatic N) is 1. The zero-order valence-corrected chi connectivity index (χ0v) is 17.3. The number of esters is 1. The molecule has 0 saturated heterocycles. The molecule has 0 N–H and O–H groups in total. The van der Waals surface area contributed by atoms with Gasteiger partial charge in [0.25, 0.3) is 0 Å². The number of carbonyl (C=O) groups excluding carboxylic acids is 2. The molecule has 0 aliphatic rings. The first-order chi connectivity index (χ1) is 14.4. The Morgan fingerprint density at radius 1 is 0.800 bits per heavy atom. The van der Waals surface area contributed by atoms with Crippen molar-refractivity contribution >= 4 is 17.3 Å². The van der Waals surface area contributed by atoms with E-state index in [0.29, 0.717) is 28.1 Å². The van der Waals surface area contributed by atoms with Crippen LogP contribution in [0.4, 0.5) is 0 Å². The summed E-state index contributed by atoms with van der Waals surface area (Å²) in [6, 6.07) is 24.4. The average molecular weight is 397 g/mol. The SMILES string of the molecule is CC(C)(C)C(=O)Oc1c(C(=O)c2ccccc2)c(-c2ccccc2)n2ccccc12. The monoisotopic (exact) mass is 397 g/mol. The van der Waals surface area contributed by atoms with Crippen molar-refractivity contribution in [2.45, 2.75) is 20.8 Å². The molecule has 2 aromatic carbocycles. The van der Waals surface area contributed by atoms with Crippen LogP contribution >= 0.6 is 0 Å². The Hall–Kier alpha value is -3.66. The molecule has 0 aliphatic carbocycles. The van der Waals surface area contributed by atoms with E-state index >= 15 is 0 Å². The molecule has 0 bridgehead atoms. The van der Waals surface area contributed by atoms with Crippen LogP contribution in [-0.4, -0.2) is 16.2 Å². The van der Waals surface area contributed by atoms with E-state index in [4.69, 9.17) is 4.74 Å². The van der Waals surface area contributed by atoms with Gasteiger partial charge < -0.3 is 9.14 Å². The summed E-state index contributed by atoms with van der Waals surface area (Å²) in [4.78, 5) is 26.4. The van der Waals surface area contributed by atoms with Crippen LogP contribution in [0.2, 0.25) is 0 Å². The minimum absolute atomic E-state index is 0.185. The molecule has 4 aromatic rings. The highest BCUT2D eigenvalue weighted by Gasteiger charge is 2.31. The highest BCUT2D eigenvalue weighted by atomic mass is 16.5. The summed E-state index contributed by atoms with van der Waals surface area (Å²) < 4.78 is 7.80. The summed E-state index contributed by atoms with van der Waals surface area (Å²) in [6.07, 6.45) is 1.88. The Morgan fingerprint density at radius 2 is 1.40 bits per heavy atom. The Kier molecular flexibility index (Phi) is 5.00. The molecule has 2 heterocycles. The van der Waals surface area contributed by atoms with Crippen LogP contribution in [-0.2, 0) is 4.79 Å². The van der Waals surface area contributed by atoms with Crippen LogP contribution in [0.5, 0.6) is 5.75 Å². The molecule has 4 heteroatoms. The predicted octanol–water partition coefficient (Wildman–Crippen LogP) is 5.79. The lowest BCUT2D eigenvalue weighted by Crippen LogP contribution is -2.26. The fraction of sp³-hybridized carbons (Fsp3) is 0.154. The second-order valence-electron chi connectivity index (χ2n) is 8.21. The number of benzene rings is 2. The molecule has 2 aromatic heterocycles. The van der Waals surface area contributed by atoms with Gasteiger partial charge in [0.05, 0.1) is 22.2 Å². The standard InChI is InChI=1S/C26H23NO3/c1-26(2,3)25(29)30-24-20-16-10-11-17-27(20)22(18-12-6-4-7-13-18)21(24)23(28)19-14-8-5-9-15-19/h4-17H,1-3H3. The normalized spacial score (nSPS) is 11.4. The second-order valence-corrected chi connectivity index (χ2v) is 8.21. The molecule has 0 spiro atoms. The maximum Gasteiger partial charge on any atom is 0.316 e. The summed E-state index contributed by atoms with van der Waals surface area (Å²) in [5.41, 5.74) is 2.47. The van der Waals surface area contributed by atoms with E-state index in [2.05, 4.69) is 0 Å². The van der Waals surface area contributed by atoms with Crippen molar-refractivity contribution in [1.29, 1.82) is 0 Å². The first-order valence-corrected chi connectivity index (χ1v) is 9.88. The van der Waals surface area contributed by atoms with E-state index in [1.54, 1.807) is 32.9 Å². The summed E-state index contributed by atoms with van der Waals surface area (Å²) in [5.74, 6) is -0.279. The molecule has 0 unspecified atom stereocenters. The Labute approximate surface area is 175 Å². The first kappa shape index (κ1) is 19.6. The molecule has 150 valence electrons. The van der Waals surface area contributed by atoms with Gasteiger partial charge in [-0.05, 0) is 38.5 Å². The molecule has 4 nitrogen and oxygen atoms in total. The maximum atomic E-state index is 13.7. The number of aromatic nitrogens is 1. The van der Waals surface area contributed by atoms with Crippen molar-refractivity contribution in [2.24, 2.45) is 5.41 Å². The van der Waals surface area contributed by atoms with Gasteiger partial charge in [-0.2, -0.15) is 0 Å². The molecule has 0 amide bonds. The van der Waals surface area contributed by atoms with Crippen molar-refractivity contribution in [3.8, 4) is 17.0 Å². The lowest BCUT2D eigenvalue weighted by Gasteiger charge is -2.17. The van der Waals surface area contributed by atoms with Gasteiger partial charge in [-0.3, -0.25) is 9.59 Å². The molecule has 0 radical (unpaired) electrons. The maximum absolute atomic E-state index is 13.7. The van der Waals surface area contributed by atoms with E-state index in [9.17, 15) is 9.59 Å². The third-order valence-corrected chi connectivity index (χ3v) is 4.91. The summed E-state index contributed by atoms with van der Waals surface area (Å²) in [5, 5.41) is 0. The van der Waals surface area contributed by atoms with Gasteiger partial charge in [-0.25, -0.2) is 0 Å². The number of carbonyl (C=O) groups is 2. The minimum atomic E-state index is -0.705. The molecule has 0 fully saturated rings. The smallest absolute Gasteiger partial charge is 0.316 e. The zero-order valence-electron chi connectivity index (χ0n) is 17.3. The van der Waals surface area contributed by atoms with Crippen molar-refractivity contribution in [3.63, 3.8) is 0 Å².